The molecule has 1 amide bonds. The second-order valence-electron chi connectivity index (χ2n) is 5.07. The Labute approximate surface area is 127 Å². The molecule has 5 nitrogen and oxygen atoms in total. The highest BCUT2D eigenvalue weighted by Gasteiger charge is 2.25. The van der Waals surface area contributed by atoms with Gasteiger partial charge < -0.3 is 19.0 Å². The lowest BCUT2D eigenvalue weighted by Crippen LogP contribution is -2.49. The largest absolute Gasteiger partial charge is 0.497 e. The summed E-state index contributed by atoms with van der Waals surface area (Å²) in [5.41, 5.74) is 0.533. The number of anilines is 1. The summed E-state index contributed by atoms with van der Waals surface area (Å²) in [5.74, 6) is 0.391. The van der Waals surface area contributed by atoms with Crippen molar-refractivity contribution in [2.75, 3.05) is 38.2 Å². The van der Waals surface area contributed by atoms with E-state index in [0.717, 1.165) is 0 Å². The lowest BCUT2D eigenvalue weighted by atomic mass is 10.2. The summed E-state index contributed by atoms with van der Waals surface area (Å²) in [6.45, 7) is 2.22. The maximum atomic E-state index is 14.1. The van der Waals surface area contributed by atoms with E-state index < -0.39 is 0 Å². The highest BCUT2D eigenvalue weighted by molar-refractivity contribution is 5.91. The van der Waals surface area contributed by atoms with Gasteiger partial charge in [0.1, 0.15) is 11.6 Å². The van der Waals surface area contributed by atoms with Gasteiger partial charge in [-0.05, 0) is 24.3 Å². The van der Waals surface area contributed by atoms with Crippen LogP contribution in [0.5, 0.6) is 5.75 Å². The van der Waals surface area contributed by atoms with E-state index in [9.17, 15) is 9.18 Å². The summed E-state index contributed by atoms with van der Waals surface area (Å²) in [5, 5.41) is 0. The molecular weight excluding hydrogens is 287 g/mol. The second kappa shape index (κ2) is 6.09. The molecule has 1 saturated heterocycles. The zero-order chi connectivity index (χ0) is 15.5. The number of ether oxygens (including phenoxy) is 1. The first-order chi connectivity index (χ1) is 10.7. The minimum Gasteiger partial charge on any atom is -0.497 e. The van der Waals surface area contributed by atoms with Crippen molar-refractivity contribution in [3.8, 4) is 5.75 Å². The van der Waals surface area contributed by atoms with E-state index in [1.807, 2.05) is 4.90 Å². The van der Waals surface area contributed by atoms with Gasteiger partial charge in [-0.1, -0.05) is 0 Å². The van der Waals surface area contributed by atoms with E-state index in [1.54, 1.807) is 29.2 Å². The predicted molar refractivity (Wildman–Crippen MR) is 79.8 cm³/mol. The highest BCUT2D eigenvalue weighted by Crippen LogP contribution is 2.25. The molecule has 0 aliphatic carbocycles. The normalized spacial score (nSPS) is 15.0. The van der Waals surface area contributed by atoms with Crippen LogP contribution in [0.2, 0.25) is 0 Å². The molecular formula is C16H17FN2O3. The van der Waals surface area contributed by atoms with Crippen molar-refractivity contribution in [2.24, 2.45) is 0 Å². The van der Waals surface area contributed by atoms with Gasteiger partial charge in [-0.3, -0.25) is 4.79 Å². The summed E-state index contributed by atoms with van der Waals surface area (Å²) in [4.78, 5) is 15.8. The molecule has 1 aliphatic heterocycles. The van der Waals surface area contributed by atoms with Crippen LogP contribution in [-0.4, -0.2) is 44.1 Å². The van der Waals surface area contributed by atoms with Crippen LogP contribution < -0.4 is 9.64 Å². The predicted octanol–water partition coefficient (Wildman–Crippen LogP) is 2.39. The van der Waals surface area contributed by atoms with Crippen LogP contribution in [0.4, 0.5) is 10.1 Å². The third-order valence-electron chi connectivity index (χ3n) is 3.79. The van der Waals surface area contributed by atoms with E-state index in [0.29, 0.717) is 43.4 Å². The third kappa shape index (κ3) is 2.77. The van der Waals surface area contributed by atoms with Gasteiger partial charge in [-0.15, -0.1) is 0 Å². The molecule has 6 heteroatoms. The molecule has 0 radical (unpaired) electrons. The minimum absolute atomic E-state index is 0.125. The molecule has 2 aromatic rings. The lowest BCUT2D eigenvalue weighted by Gasteiger charge is -2.35. The van der Waals surface area contributed by atoms with Crippen molar-refractivity contribution in [2.45, 2.75) is 0 Å². The molecule has 1 aromatic carbocycles. The van der Waals surface area contributed by atoms with E-state index in [2.05, 4.69) is 0 Å². The fraction of sp³-hybridized carbons (Fsp3) is 0.312. The van der Waals surface area contributed by atoms with Crippen molar-refractivity contribution in [1.29, 1.82) is 0 Å². The van der Waals surface area contributed by atoms with Gasteiger partial charge in [0.2, 0.25) is 0 Å². The first-order valence-electron chi connectivity index (χ1n) is 7.10. The fourth-order valence-electron chi connectivity index (χ4n) is 2.58. The molecule has 0 bridgehead atoms. The van der Waals surface area contributed by atoms with Crippen LogP contribution in [0.1, 0.15) is 10.6 Å². The standard InChI is InChI=1S/C16H17FN2O3/c1-21-12-4-5-14(13(17)11-12)18-6-8-19(9-7-18)16(20)15-3-2-10-22-15/h2-5,10-11H,6-9H2,1H3. The minimum atomic E-state index is -0.315. The van der Waals surface area contributed by atoms with Crippen LogP contribution in [0, 0.1) is 5.82 Å². The Morgan fingerprint density at radius 3 is 2.59 bits per heavy atom. The molecule has 1 aliphatic rings. The summed E-state index contributed by atoms with van der Waals surface area (Å²) in [6.07, 6.45) is 1.48. The monoisotopic (exact) mass is 304 g/mol. The second-order valence-corrected chi connectivity index (χ2v) is 5.07. The fourth-order valence-corrected chi connectivity index (χ4v) is 2.58. The number of amides is 1. The quantitative estimate of drug-likeness (QED) is 0.873. The van der Waals surface area contributed by atoms with Gasteiger partial charge in [-0.25, -0.2) is 4.39 Å². The lowest BCUT2D eigenvalue weighted by molar-refractivity contribution is 0.0714. The molecule has 22 heavy (non-hydrogen) atoms. The van der Waals surface area contributed by atoms with Gasteiger partial charge in [0.05, 0.1) is 19.1 Å². The molecule has 2 heterocycles. The van der Waals surface area contributed by atoms with Gasteiger partial charge in [0, 0.05) is 32.2 Å². The molecule has 116 valence electrons. The van der Waals surface area contributed by atoms with Crippen molar-refractivity contribution in [3.05, 3.63) is 48.2 Å². The maximum absolute atomic E-state index is 14.1. The van der Waals surface area contributed by atoms with Crippen molar-refractivity contribution in [1.82, 2.24) is 4.90 Å². The van der Waals surface area contributed by atoms with Crippen LogP contribution in [0.3, 0.4) is 0 Å². The average molecular weight is 304 g/mol. The first kappa shape index (κ1) is 14.4. The number of hydrogen-bond donors (Lipinski definition) is 0. The van der Waals surface area contributed by atoms with Crippen molar-refractivity contribution in [3.63, 3.8) is 0 Å². The Kier molecular flexibility index (Phi) is 4.00. The van der Waals surface area contributed by atoms with E-state index in [1.165, 1.54) is 19.4 Å². The zero-order valence-corrected chi connectivity index (χ0v) is 12.3. The van der Waals surface area contributed by atoms with Gasteiger partial charge in [0.15, 0.2) is 5.76 Å². The van der Waals surface area contributed by atoms with E-state index in [-0.39, 0.29) is 11.7 Å². The highest BCUT2D eigenvalue weighted by atomic mass is 19.1. The number of carbonyl (C=O) groups is 1. The van der Waals surface area contributed by atoms with Crippen LogP contribution >= 0.6 is 0 Å². The molecule has 0 spiro atoms. The van der Waals surface area contributed by atoms with Gasteiger partial charge in [0.25, 0.3) is 5.91 Å². The Morgan fingerprint density at radius 1 is 1.23 bits per heavy atom. The number of benzene rings is 1. The summed E-state index contributed by atoms with van der Waals surface area (Å²) in [6, 6.07) is 8.15. The number of carbonyl (C=O) groups excluding carboxylic acids is 1. The van der Waals surface area contributed by atoms with Gasteiger partial charge in [-0.2, -0.15) is 0 Å². The van der Waals surface area contributed by atoms with E-state index in [4.69, 9.17) is 9.15 Å². The average Bonchev–Trinajstić information content (AvgIpc) is 3.08. The van der Waals surface area contributed by atoms with Crippen LogP contribution in [-0.2, 0) is 0 Å². The summed E-state index contributed by atoms with van der Waals surface area (Å²) in [7, 11) is 1.51. The SMILES string of the molecule is COc1ccc(N2CCN(C(=O)c3ccco3)CC2)c(F)c1. The molecule has 0 atom stereocenters. The topological polar surface area (TPSA) is 45.9 Å². The number of halogens is 1. The van der Waals surface area contributed by atoms with Crippen LogP contribution in [0.15, 0.2) is 41.0 Å². The molecule has 1 aromatic heterocycles. The number of rotatable bonds is 3. The first-order valence-corrected chi connectivity index (χ1v) is 7.10. The number of piperazine rings is 1. The van der Waals surface area contributed by atoms with Crippen LogP contribution in [0.25, 0.3) is 0 Å². The molecule has 3 rings (SSSR count). The Hall–Kier alpha value is -2.50. The number of nitrogens with zero attached hydrogens (tertiary/aromatic N) is 2. The maximum Gasteiger partial charge on any atom is 0.289 e. The smallest absolute Gasteiger partial charge is 0.289 e. The number of hydrogen-bond acceptors (Lipinski definition) is 4. The summed E-state index contributed by atoms with van der Waals surface area (Å²) >= 11 is 0. The van der Waals surface area contributed by atoms with E-state index >= 15 is 0 Å². The number of methoxy groups -OCH3 is 1. The molecule has 0 unspecified atom stereocenters. The summed E-state index contributed by atoms with van der Waals surface area (Å²) < 4.78 is 24.2. The van der Waals surface area contributed by atoms with Crippen molar-refractivity contribution >= 4 is 11.6 Å². The zero-order valence-electron chi connectivity index (χ0n) is 12.3. The Bertz CT molecular complexity index is 649. The van der Waals surface area contributed by atoms with Gasteiger partial charge >= 0.3 is 0 Å². The number of furan rings is 1. The van der Waals surface area contributed by atoms with Crippen molar-refractivity contribution < 1.29 is 18.3 Å². The third-order valence-corrected chi connectivity index (χ3v) is 3.79. The molecule has 1 fully saturated rings. The Morgan fingerprint density at radius 2 is 2.00 bits per heavy atom. The molecule has 0 N–H and O–H groups in total. The molecule has 0 saturated carbocycles. The Balaban J connectivity index is 1.65.